The molecule has 0 aliphatic rings. The predicted molar refractivity (Wildman–Crippen MR) is 85.2 cm³/mol. The Morgan fingerprint density at radius 2 is 1.73 bits per heavy atom. The number of hydrogen-bond acceptors (Lipinski definition) is 5. The van der Waals surface area contributed by atoms with Crippen LogP contribution in [-0.2, 0) is 23.3 Å². The van der Waals surface area contributed by atoms with E-state index in [4.69, 9.17) is 0 Å². The Kier molecular flexibility index (Phi) is 5.42. The SMILES string of the molecule is CNc1ncc(CN(C)S(=O)(=O)NCc2ccccc2)cn1. The van der Waals surface area contributed by atoms with E-state index in [9.17, 15) is 8.42 Å². The van der Waals surface area contributed by atoms with Crippen LogP contribution in [0, 0.1) is 0 Å². The first-order valence-corrected chi connectivity index (χ1v) is 8.19. The fourth-order valence-electron chi connectivity index (χ4n) is 1.79. The van der Waals surface area contributed by atoms with Crippen LogP contribution in [-0.4, -0.2) is 36.8 Å². The molecule has 0 aliphatic carbocycles. The maximum absolute atomic E-state index is 12.2. The summed E-state index contributed by atoms with van der Waals surface area (Å²) in [4.78, 5) is 8.12. The largest absolute Gasteiger partial charge is 0.357 e. The monoisotopic (exact) mass is 321 g/mol. The zero-order valence-electron chi connectivity index (χ0n) is 12.5. The molecular weight excluding hydrogens is 302 g/mol. The molecule has 118 valence electrons. The number of benzene rings is 1. The van der Waals surface area contributed by atoms with E-state index in [1.54, 1.807) is 19.4 Å². The van der Waals surface area contributed by atoms with Crippen LogP contribution < -0.4 is 10.0 Å². The highest BCUT2D eigenvalue weighted by molar-refractivity contribution is 7.87. The van der Waals surface area contributed by atoms with E-state index in [0.29, 0.717) is 11.5 Å². The summed E-state index contributed by atoms with van der Waals surface area (Å²) in [5, 5.41) is 2.81. The van der Waals surface area contributed by atoms with Crippen LogP contribution in [0.3, 0.4) is 0 Å². The second kappa shape index (κ2) is 7.30. The highest BCUT2D eigenvalue weighted by Gasteiger charge is 2.17. The molecule has 1 aromatic heterocycles. The van der Waals surface area contributed by atoms with Gasteiger partial charge in [0.1, 0.15) is 0 Å². The lowest BCUT2D eigenvalue weighted by molar-refractivity contribution is 0.454. The third-order valence-corrected chi connectivity index (χ3v) is 4.50. The molecule has 0 radical (unpaired) electrons. The maximum Gasteiger partial charge on any atom is 0.279 e. The van der Waals surface area contributed by atoms with E-state index in [1.807, 2.05) is 30.3 Å². The lowest BCUT2D eigenvalue weighted by atomic mass is 10.2. The van der Waals surface area contributed by atoms with Crippen LogP contribution in [0.15, 0.2) is 42.7 Å². The molecule has 22 heavy (non-hydrogen) atoms. The first-order chi connectivity index (χ1) is 10.5. The molecule has 7 nitrogen and oxygen atoms in total. The van der Waals surface area contributed by atoms with E-state index in [-0.39, 0.29) is 13.1 Å². The lowest BCUT2D eigenvalue weighted by Gasteiger charge is -2.17. The molecule has 0 amide bonds. The molecule has 2 aromatic rings. The minimum Gasteiger partial charge on any atom is -0.357 e. The molecule has 2 rings (SSSR count). The van der Waals surface area contributed by atoms with Crippen molar-refractivity contribution < 1.29 is 8.42 Å². The summed E-state index contributed by atoms with van der Waals surface area (Å²) in [6, 6.07) is 9.36. The Hall–Kier alpha value is -2.03. The number of nitrogens with zero attached hydrogens (tertiary/aromatic N) is 3. The quantitative estimate of drug-likeness (QED) is 0.794. The smallest absolute Gasteiger partial charge is 0.279 e. The van der Waals surface area contributed by atoms with Crippen molar-refractivity contribution in [3.8, 4) is 0 Å². The molecule has 0 unspecified atom stereocenters. The van der Waals surface area contributed by atoms with Gasteiger partial charge in [-0.05, 0) is 5.56 Å². The third kappa shape index (κ3) is 4.48. The number of nitrogens with one attached hydrogen (secondary N) is 2. The number of rotatable bonds is 7. The third-order valence-electron chi connectivity index (χ3n) is 3.05. The molecule has 8 heteroatoms. The van der Waals surface area contributed by atoms with Crippen LogP contribution in [0.4, 0.5) is 5.95 Å². The molecule has 0 bridgehead atoms. The minimum absolute atomic E-state index is 0.202. The van der Waals surface area contributed by atoms with Gasteiger partial charge in [-0.3, -0.25) is 0 Å². The summed E-state index contributed by atoms with van der Waals surface area (Å²) in [5.74, 6) is 0.497. The van der Waals surface area contributed by atoms with Crippen molar-refractivity contribution in [1.29, 1.82) is 0 Å². The van der Waals surface area contributed by atoms with Gasteiger partial charge in [-0.2, -0.15) is 17.4 Å². The normalized spacial score (nSPS) is 11.6. The van der Waals surface area contributed by atoms with Gasteiger partial charge in [0.05, 0.1) is 0 Å². The van der Waals surface area contributed by atoms with Gasteiger partial charge in [0.15, 0.2) is 0 Å². The summed E-state index contributed by atoms with van der Waals surface area (Å²) in [6.07, 6.45) is 3.20. The van der Waals surface area contributed by atoms with E-state index in [1.165, 1.54) is 11.4 Å². The second-order valence-corrected chi connectivity index (χ2v) is 6.59. The Morgan fingerprint density at radius 3 is 2.32 bits per heavy atom. The van der Waals surface area contributed by atoms with Crippen LogP contribution in [0.1, 0.15) is 11.1 Å². The summed E-state index contributed by atoms with van der Waals surface area (Å²) in [7, 11) is -0.326. The zero-order chi connectivity index (χ0) is 16.0. The highest BCUT2D eigenvalue weighted by atomic mass is 32.2. The van der Waals surface area contributed by atoms with Gasteiger partial charge in [-0.15, -0.1) is 0 Å². The standard InChI is InChI=1S/C14H19N5O2S/c1-15-14-16-8-13(9-17-14)11-19(2)22(20,21)18-10-12-6-4-3-5-7-12/h3-9,18H,10-11H2,1-2H3,(H,15,16,17). The van der Waals surface area contributed by atoms with Crippen molar-refractivity contribution in [2.45, 2.75) is 13.1 Å². The van der Waals surface area contributed by atoms with Crippen molar-refractivity contribution >= 4 is 16.2 Å². The first kappa shape index (κ1) is 16.3. The van der Waals surface area contributed by atoms with Gasteiger partial charge in [-0.1, -0.05) is 30.3 Å². The molecule has 1 aromatic carbocycles. The number of aromatic nitrogens is 2. The van der Waals surface area contributed by atoms with Gasteiger partial charge in [-0.25, -0.2) is 9.97 Å². The maximum atomic E-state index is 12.2. The molecule has 0 fully saturated rings. The van der Waals surface area contributed by atoms with Gasteiger partial charge >= 0.3 is 0 Å². The predicted octanol–water partition coefficient (Wildman–Crippen LogP) is 0.985. The molecule has 2 N–H and O–H groups in total. The fraction of sp³-hybridized carbons (Fsp3) is 0.286. The molecular formula is C14H19N5O2S. The van der Waals surface area contributed by atoms with Crippen LogP contribution in [0.2, 0.25) is 0 Å². The molecule has 0 aliphatic heterocycles. The van der Waals surface area contributed by atoms with Gasteiger partial charge in [0.25, 0.3) is 10.2 Å². The number of hydrogen-bond donors (Lipinski definition) is 2. The molecule has 0 atom stereocenters. The summed E-state index contributed by atoms with van der Waals surface area (Å²) in [5.41, 5.74) is 1.62. The summed E-state index contributed by atoms with van der Waals surface area (Å²) in [6.45, 7) is 0.455. The molecule has 0 saturated heterocycles. The van der Waals surface area contributed by atoms with Crippen molar-refractivity contribution in [2.24, 2.45) is 0 Å². The highest BCUT2D eigenvalue weighted by Crippen LogP contribution is 2.07. The van der Waals surface area contributed by atoms with Crippen molar-refractivity contribution in [3.05, 3.63) is 53.9 Å². The average molecular weight is 321 g/mol. The van der Waals surface area contributed by atoms with E-state index >= 15 is 0 Å². The van der Waals surface area contributed by atoms with Crippen LogP contribution in [0.25, 0.3) is 0 Å². The van der Waals surface area contributed by atoms with Gasteiger partial charge < -0.3 is 5.32 Å². The Bertz CT molecular complexity index is 689. The van der Waals surface area contributed by atoms with Crippen molar-refractivity contribution in [1.82, 2.24) is 19.0 Å². The zero-order valence-corrected chi connectivity index (χ0v) is 13.3. The van der Waals surface area contributed by atoms with Gasteiger partial charge in [0, 0.05) is 45.1 Å². The molecule has 0 spiro atoms. The second-order valence-electron chi connectivity index (χ2n) is 4.73. The van der Waals surface area contributed by atoms with Crippen molar-refractivity contribution in [3.63, 3.8) is 0 Å². The van der Waals surface area contributed by atoms with Crippen LogP contribution in [0.5, 0.6) is 0 Å². The van der Waals surface area contributed by atoms with E-state index in [2.05, 4.69) is 20.0 Å². The first-order valence-electron chi connectivity index (χ1n) is 6.75. The van der Waals surface area contributed by atoms with Crippen molar-refractivity contribution in [2.75, 3.05) is 19.4 Å². The minimum atomic E-state index is -3.56. The Morgan fingerprint density at radius 1 is 1.09 bits per heavy atom. The van der Waals surface area contributed by atoms with Gasteiger partial charge in [0.2, 0.25) is 5.95 Å². The number of anilines is 1. The van der Waals surface area contributed by atoms with E-state index < -0.39 is 10.2 Å². The summed E-state index contributed by atoms with van der Waals surface area (Å²) >= 11 is 0. The topological polar surface area (TPSA) is 87.2 Å². The van der Waals surface area contributed by atoms with Crippen LogP contribution >= 0.6 is 0 Å². The average Bonchev–Trinajstić information content (AvgIpc) is 2.54. The molecule has 1 heterocycles. The summed E-state index contributed by atoms with van der Waals surface area (Å²) < 4.78 is 28.2. The van der Waals surface area contributed by atoms with E-state index in [0.717, 1.165) is 5.56 Å². The molecule has 0 saturated carbocycles. The Balaban J connectivity index is 1.96. The lowest BCUT2D eigenvalue weighted by Crippen LogP contribution is -2.37. The Labute approximate surface area is 130 Å². The fourth-order valence-corrected chi connectivity index (χ4v) is 2.68.